The summed E-state index contributed by atoms with van der Waals surface area (Å²) in [5, 5.41) is 3.38. The van der Waals surface area contributed by atoms with Crippen LogP contribution in [0.5, 0.6) is 0 Å². The molecular formula is C27H20N2O2Se. The van der Waals surface area contributed by atoms with Crippen LogP contribution in [-0.4, -0.2) is 26.5 Å². The van der Waals surface area contributed by atoms with Gasteiger partial charge in [-0.2, -0.15) is 0 Å². The van der Waals surface area contributed by atoms with Gasteiger partial charge in [-0.15, -0.1) is 0 Å². The summed E-state index contributed by atoms with van der Waals surface area (Å²) < 4.78 is 2.01. The fraction of sp³-hybridized carbons (Fsp3) is 0.0370. The average Bonchev–Trinajstić information content (AvgIpc) is 2.81. The van der Waals surface area contributed by atoms with Gasteiger partial charge in [0, 0.05) is 0 Å². The van der Waals surface area contributed by atoms with Crippen LogP contribution in [-0.2, 0) is 0 Å². The number of nitrogen functional groups attached to an aromatic ring is 1. The van der Waals surface area contributed by atoms with Crippen molar-refractivity contribution in [1.29, 1.82) is 0 Å². The SMILES string of the molecule is Cc1ccc(Nc2cc([Se]c3ccccc3)c(N)c3c2C(=O)c2ccccc2C3=O)cc1. The Kier molecular flexibility index (Phi) is 5.14. The predicted molar refractivity (Wildman–Crippen MR) is 130 cm³/mol. The number of carbonyl (C=O) groups is 2. The first-order valence-electron chi connectivity index (χ1n) is 10.2. The Hall–Kier alpha value is -3.66. The van der Waals surface area contributed by atoms with Gasteiger partial charge < -0.3 is 0 Å². The summed E-state index contributed by atoms with van der Waals surface area (Å²) in [6.45, 7) is 2.02. The van der Waals surface area contributed by atoms with E-state index < -0.39 is 0 Å². The van der Waals surface area contributed by atoms with Crippen LogP contribution >= 0.6 is 0 Å². The monoisotopic (exact) mass is 484 g/mol. The second-order valence-corrected chi connectivity index (χ2v) is 10.0. The topological polar surface area (TPSA) is 72.2 Å². The molecular weight excluding hydrogens is 463 g/mol. The zero-order valence-corrected chi connectivity index (χ0v) is 19.1. The summed E-state index contributed by atoms with van der Waals surface area (Å²) in [5.74, 6) is -0.388. The maximum atomic E-state index is 13.5. The van der Waals surface area contributed by atoms with Crippen molar-refractivity contribution in [3.05, 3.63) is 113 Å². The number of carbonyl (C=O) groups excluding carboxylic acids is 2. The van der Waals surface area contributed by atoms with E-state index in [-0.39, 0.29) is 26.5 Å². The first-order valence-corrected chi connectivity index (χ1v) is 12.0. The first kappa shape index (κ1) is 20.3. The molecule has 4 aromatic rings. The zero-order chi connectivity index (χ0) is 22.2. The second-order valence-electron chi connectivity index (χ2n) is 7.70. The van der Waals surface area contributed by atoms with Gasteiger partial charge in [0.25, 0.3) is 0 Å². The van der Waals surface area contributed by atoms with Crippen molar-refractivity contribution in [3.63, 3.8) is 0 Å². The third-order valence-corrected chi connectivity index (χ3v) is 7.74. The van der Waals surface area contributed by atoms with Gasteiger partial charge in [0.05, 0.1) is 0 Å². The Labute approximate surface area is 192 Å². The van der Waals surface area contributed by atoms with Gasteiger partial charge in [-0.05, 0) is 0 Å². The van der Waals surface area contributed by atoms with Crippen LogP contribution in [0.1, 0.15) is 37.4 Å². The van der Waals surface area contributed by atoms with Crippen molar-refractivity contribution in [2.24, 2.45) is 0 Å². The number of anilines is 3. The number of aryl methyl sites for hydroxylation is 1. The minimum absolute atomic E-state index is 0.121. The van der Waals surface area contributed by atoms with Gasteiger partial charge in [0.2, 0.25) is 0 Å². The Morgan fingerprint density at radius 3 is 2.00 bits per heavy atom. The number of rotatable bonds is 4. The van der Waals surface area contributed by atoms with E-state index in [1.165, 1.54) is 0 Å². The summed E-state index contributed by atoms with van der Waals surface area (Å²) in [4.78, 5) is 27.0. The van der Waals surface area contributed by atoms with E-state index in [1.54, 1.807) is 24.3 Å². The summed E-state index contributed by atoms with van der Waals surface area (Å²) in [7, 11) is 0. The number of benzene rings is 4. The number of hydrogen-bond donors (Lipinski definition) is 2. The van der Waals surface area contributed by atoms with Gasteiger partial charge in [0.15, 0.2) is 0 Å². The third-order valence-electron chi connectivity index (χ3n) is 5.50. The molecule has 4 aromatic carbocycles. The first-order chi connectivity index (χ1) is 15.5. The van der Waals surface area contributed by atoms with E-state index in [0.717, 1.165) is 20.2 Å². The van der Waals surface area contributed by atoms with Gasteiger partial charge in [-0.3, -0.25) is 0 Å². The second kappa shape index (κ2) is 8.12. The molecule has 5 rings (SSSR count). The van der Waals surface area contributed by atoms with E-state index in [9.17, 15) is 9.59 Å². The molecule has 0 saturated carbocycles. The molecule has 5 heteroatoms. The van der Waals surface area contributed by atoms with Gasteiger partial charge in [0.1, 0.15) is 0 Å². The van der Waals surface area contributed by atoms with Crippen LogP contribution < -0.4 is 20.0 Å². The van der Waals surface area contributed by atoms with Crippen molar-refractivity contribution in [3.8, 4) is 0 Å². The molecule has 0 radical (unpaired) electrons. The van der Waals surface area contributed by atoms with Crippen molar-refractivity contribution in [2.45, 2.75) is 6.92 Å². The Balaban J connectivity index is 1.70. The van der Waals surface area contributed by atoms with E-state index in [4.69, 9.17) is 5.73 Å². The molecule has 4 nitrogen and oxygen atoms in total. The van der Waals surface area contributed by atoms with Crippen LogP contribution in [0.4, 0.5) is 17.1 Å². The fourth-order valence-electron chi connectivity index (χ4n) is 3.88. The van der Waals surface area contributed by atoms with E-state index in [0.29, 0.717) is 33.6 Å². The molecule has 0 unspecified atom stereocenters. The normalized spacial score (nSPS) is 12.3. The zero-order valence-electron chi connectivity index (χ0n) is 17.4. The van der Waals surface area contributed by atoms with Crippen LogP contribution in [0.3, 0.4) is 0 Å². The average molecular weight is 483 g/mol. The minimum atomic E-state index is -0.203. The van der Waals surface area contributed by atoms with Crippen LogP contribution in [0.15, 0.2) is 84.9 Å². The predicted octanol–water partition coefficient (Wildman–Crippen LogP) is 3.75. The van der Waals surface area contributed by atoms with Crippen molar-refractivity contribution < 1.29 is 9.59 Å². The maximum absolute atomic E-state index is 13.5. The number of nitrogens with two attached hydrogens (primary N) is 1. The van der Waals surface area contributed by atoms with Gasteiger partial charge in [-0.1, -0.05) is 0 Å². The Bertz CT molecular complexity index is 1360. The fourth-order valence-corrected chi connectivity index (χ4v) is 5.85. The quantitative estimate of drug-likeness (QED) is 0.302. The molecule has 1 aliphatic rings. The molecule has 0 saturated heterocycles. The molecule has 0 amide bonds. The summed E-state index contributed by atoms with van der Waals surface area (Å²) in [6.07, 6.45) is 0. The summed E-state index contributed by atoms with van der Waals surface area (Å²) in [6, 6.07) is 26.9. The standard InChI is InChI=1S/C27H20N2O2Se/c1-16-11-13-17(14-12-16)29-21-15-22(32-18-7-3-2-4-8-18)25(28)24-23(21)26(30)19-9-5-6-10-20(19)27(24)31/h2-15,29H,28H2,1H3. The van der Waals surface area contributed by atoms with Crippen molar-refractivity contribution in [2.75, 3.05) is 11.1 Å². The molecule has 3 N–H and O–H groups in total. The molecule has 0 aromatic heterocycles. The molecule has 0 bridgehead atoms. The number of fused-ring (bicyclic) bond motifs is 2. The van der Waals surface area contributed by atoms with Gasteiger partial charge >= 0.3 is 193 Å². The van der Waals surface area contributed by atoms with Crippen molar-refractivity contribution >= 4 is 52.5 Å². The molecule has 32 heavy (non-hydrogen) atoms. The molecule has 0 atom stereocenters. The number of nitrogens with one attached hydrogen (secondary N) is 1. The van der Waals surface area contributed by atoms with E-state index in [2.05, 4.69) is 5.32 Å². The summed E-state index contributed by atoms with van der Waals surface area (Å²) in [5.41, 5.74) is 11.0. The number of ketones is 2. The Morgan fingerprint density at radius 1 is 0.750 bits per heavy atom. The van der Waals surface area contributed by atoms with Crippen LogP contribution in [0.2, 0.25) is 0 Å². The van der Waals surface area contributed by atoms with Crippen LogP contribution in [0, 0.1) is 6.92 Å². The molecule has 0 fully saturated rings. The molecule has 0 spiro atoms. The molecule has 0 aliphatic heterocycles. The molecule has 0 heterocycles. The third kappa shape index (κ3) is 3.52. The molecule has 156 valence electrons. The van der Waals surface area contributed by atoms with Crippen molar-refractivity contribution in [1.82, 2.24) is 0 Å². The van der Waals surface area contributed by atoms with E-state index >= 15 is 0 Å². The van der Waals surface area contributed by atoms with E-state index in [1.807, 2.05) is 67.6 Å². The summed E-state index contributed by atoms with van der Waals surface area (Å²) >= 11 is -0.121. The van der Waals surface area contributed by atoms with Crippen LogP contribution in [0.25, 0.3) is 0 Å². The molecule has 1 aliphatic carbocycles. The number of hydrogen-bond acceptors (Lipinski definition) is 4. The Morgan fingerprint density at radius 2 is 1.34 bits per heavy atom. The van der Waals surface area contributed by atoms with Gasteiger partial charge in [-0.25, -0.2) is 0 Å².